The first-order valence-corrected chi connectivity index (χ1v) is 1.89. The SMILES string of the molecule is O=C(CO)/C(O)=C/O. The zero-order chi connectivity index (χ0) is 6.57. The number of aliphatic hydroxyl groups is 3. The molecule has 0 unspecified atom stereocenters. The Morgan fingerprint density at radius 3 is 2.25 bits per heavy atom. The van der Waals surface area contributed by atoms with Crippen LogP contribution >= 0.6 is 0 Å². The molecule has 0 saturated carbocycles. The van der Waals surface area contributed by atoms with Crippen molar-refractivity contribution in [1.82, 2.24) is 0 Å². The van der Waals surface area contributed by atoms with Crippen molar-refractivity contribution in [1.29, 1.82) is 0 Å². The molecule has 0 spiro atoms. The van der Waals surface area contributed by atoms with Gasteiger partial charge in [-0.15, -0.1) is 0 Å². The van der Waals surface area contributed by atoms with Gasteiger partial charge in [-0.05, 0) is 0 Å². The number of rotatable bonds is 2. The number of hydrogen-bond acceptors (Lipinski definition) is 4. The second-order valence-electron chi connectivity index (χ2n) is 1.10. The molecule has 0 aliphatic rings. The molecule has 0 saturated heterocycles. The Morgan fingerprint density at radius 2 is 2.12 bits per heavy atom. The fourth-order valence-electron chi connectivity index (χ4n) is 0.153. The van der Waals surface area contributed by atoms with Crippen LogP contribution in [-0.4, -0.2) is 27.7 Å². The van der Waals surface area contributed by atoms with E-state index in [-0.39, 0.29) is 6.26 Å². The van der Waals surface area contributed by atoms with Crippen LogP contribution in [0.5, 0.6) is 0 Å². The topological polar surface area (TPSA) is 77.8 Å². The zero-order valence-corrected chi connectivity index (χ0v) is 4.03. The highest BCUT2D eigenvalue weighted by molar-refractivity contribution is 5.93. The summed E-state index contributed by atoms with van der Waals surface area (Å²) in [5, 5.41) is 24.1. The quantitative estimate of drug-likeness (QED) is 0.337. The molecule has 4 nitrogen and oxygen atoms in total. The third kappa shape index (κ3) is 1.61. The van der Waals surface area contributed by atoms with Crippen LogP contribution in [0, 0.1) is 0 Å². The Balaban J connectivity index is 3.83. The molecule has 4 heteroatoms. The normalized spacial score (nSPS) is 11.4. The van der Waals surface area contributed by atoms with Crippen LogP contribution in [0.15, 0.2) is 12.0 Å². The van der Waals surface area contributed by atoms with E-state index in [0.29, 0.717) is 0 Å². The van der Waals surface area contributed by atoms with Gasteiger partial charge in [-0.1, -0.05) is 0 Å². The minimum Gasteiger partial charge on any atom is -0.512 e. The molecule has 0 rings (SSSR count). The van der Waals surface area contributed by atoms with Gasteiger partial charge in [0, 0.05) is 0 Å². The molecule has 0 aromatic carbocycles. The van der Waals surface area contributed by atoms with Crippen LogP contribution in [-0.2, 0) is 4.79 Å². The molecule has 0 aliphatic heterocycles. The summed E-state index contributed by atoms with van der Waals surface area (Å²) < 4.78 is 0. The minimum atomic E-state index is -0.896. The van der Waals surface area contributed by atoms with Crippen LogP contribution in [0.3, 0.4) is 0 Å². The molecule has 0 aromatic heterocycles. The van der Waals surface area contributed by atoms with Crippen molar-refractivity contribution in [2.45, 2.75) is 0 Å². The molecule has 0 aromatic rings. The van der Waals surface area contributed by atoms with Gasteiger partial charge in [0.05, 0.1) is 0 Å². The Hall–Kier alpha value is -1.03. The second kappa shape index (κ2) is 3.04. The van der Waals surface area contributed by atoms with E-state index in [4.69, 9.17) is 15.3 Å². The maximum Gasteiger partial charge on any atom is 0.225 e. The number of hydrogen-bond donors (Lipinski definition) is 3. The molecule has 3 N–H and O–H groups in total. The molecule has 0 fully saturated rings. The summed E-state index contributed by atoms with van der Waals surface area (Å²) in [5.41, 5.74) is 0. The summed E-state index contributed by atoms with van der Waals surface area (Å²) in [6.45, 7) is -0.789. The Bertz CT molecular complexity index is 115. The number of Topliss-reactive ketones (excluding diaryl/α,β-unsaturated/α-hetero) is 1. The molecule has 0 heterocycles. The van der Waals surface area contributed by atoms with Gasteiger partial charge in [0.25, 0.3) is 0 Å². The van der Waals surface area contributed by atoms with E-state index in [1.807, 2.05) is 0 Å². The zero-order valence-electron chi connectivity index (χ0n) is 4.03. The first kappa shape index (κ1) is 6.97. The Labute approximate surface area is 45.7 Å². The lowest BCUT2D eigenvalue weighted by molar-refractivity contribution is -0.120. The summed E-state index contributed by atoms with van der Waals surface area (Å²) in [6.07, 6.45) is 0.235. The highest BCUT2D eigenvalue weighted by atomic mass is 16.3. The lowest BCUT2D eigenvalue weighted by Crippen LogP contribution is -2.06. The highest BCUT2D eigenvalue weighted by Gasteiger charge is 2.02. The van der Waals surface area contributed by atoms with Crippen molar-refractivity contribution in [3.05, 3.63) is 12.0 Å². The van der Waals surface area contributed by atoms with E-state index in [1.54, 1.807) is 0 Å². The number of ketones is 1. The molecule has 0 atom stereocenters. The predicted octanol–water partition coefficient (Wildman–Crippen LogP) is -0.495. The van der Waals surface area contributed by atoms with Gasteiger partial charge < -0.3 is 15.3 Å². The van der Waals surface area contributed by atoms with Gasteiger partial charge in [-0.2, -0.15) is 0 Å². The molecule has 0 aliphatic carbocycles. The number of aliphatic hydroxyl groups excluding tert-OH is 3. The molecule has 0 bridgehead atoms. The smallest absolute Gasteiger partial charge is 0.225 e. The van der Waals surface area contributed by atoms with Gasteiger partial charge in [0.1, 0.15) is 12.9 Å². The van der Waals surface area contributed by atoms with E-state index in [9.17, 15) is 4.79 Å². The maximum absolute atomic E-state index is 10.0. The minimum absolute atomic E-state index is 0.235. The van der Waals surface area contributed by atoms with E-state index in [1.165, 1.54) is 0 Å². The summed E-state index contributed by atoms with van der Waals surface area (Å²) >= 11 is 0. The van der Waals surface area contributed by atoms with Crippen LogP contribution in [0.1, 0.15) is 0 Å². The average Bonchev–Trinajstić information content (AvgIpc) is 1.84. The van der Waals surface area contributed by atoms with Crippen LogP contribution < -0.4 is 0 Å². The lowest BCUT2D eigenvalue weighted by atomic mass is 10.4. The van der Waals surface area contributed by atoms with Crippen LogP contribution in [0.2, 0.25) is 0 Å². The Morgan fingerprint density at radius 1 is 1.62 bits per heavy atom. The van der Waals surface area contributed by atoms with Crippen molar-refractivity contribution < 1.29 is 20.1 Å². The summed E-state index contributed by atoms with van der Waals surface area (Å²) in [5.74, 6) is -1.72. The van der Waals surface area contributed by atoms with Gasteiger partial charge in [0.15, 0.2) is 5.76 Å². The monoisotopic (exact) mass is 118 g/mol. The van der Waals surface area contributed by atoms with Gasteiger partial charge >= 0.3 is 0 Å². The van der Waals surface area contributed by atoms with Crippen LogP contribution in [0.25, 0.3) is 0 Å². The van der Waals surface area contributed by atoms with Crippen molar-refractivity contribution in [2.75, 3.05) is 6.61 Å². The van der Waals surface area contributed by atoms with E-state index < -0.39 is 18.1 Å². The summed E-state index contributed by atoms with van der Waals surface area (Å²) in [6, 6.07) is 0. The summed E-state index contributed by atoms with van der Waals surface area (Å²) in [4.78, 5) is 10.0. The van der Waals surface area contributed by atoms with E-state index in [0.717, 1.165) is 0 Å². The number of carbonyl (C=O) groups excluding carboxylic acids is 1. The van der Waals surface area contributed by atoms with Crippen molar-refractivity contribution in [2.24, 2.45) is 0 Å². The Kier molecular flexibility index (Phi) is 2.64. The second-order valence-corrected chi connectivity index (χ2v) is 1.10. The fraction of sp³-hybridized carbons (Fsp3) is 0.250. The standard InChI is InChI=1S/C4H6O4/c5-1-3(7)4(8)2-6/h1,5-7H,2H2/b3-1-. The van der Waals surface area contributed by atoms with Crippen molar-refractivity contribution >= 4 is 5.78 Å². The van der Waals surface area contributed by atoms with E-state index in [2.05, 4.69) is 0 Å². The predicted molar refractivity (Wildman–Crippen MR) is 25.4 cm³/mol. The molecule has 0 radical (unpaired) electrons. The van der Waals surface area contributed by atoms with Crippen molar-refractivity contribution in [3.8, 4) is 0 Å². The first-order chi connectivity index (χ1) is 3.72. The first-order valence-electron chi connectivity index (χ1n) is 1.89. The van der Waals surface area contributed by atoms with Crippen LogP contribution in [0.4, 0.5) is 0 Å². The highest BCUT2D eigenvalue weighted by Crippen LogP contribution is 1.85. The molecular formula is C4H6O4. The fourth-order valence-corrected chi connectivity index (χ4v) is 0.153. The largest absolute Gasteiger partial charge is 0.512 e. The third-order valence-electron chi connectivity index (χ3n) is 0.552. The number of carbonyl (C=O) groups is 1. The lowest BCUT2D eigenvalue weighted by Gasteiger charge is -1.88. The van der Waals surface area contributed by atoms with Crippen molar-refractivity contribution in [3.63, 3.8) is 0 Å². The maximum atomic E-state index is 10.0. The summed E-state index contributed by atoms with van der Waals surface area (Å²) in [7, 11) is 0. The van der Waals surface area contributed by atoms with E-state index >= 15 is 0 Å². The van der Waals surface area contributed by atoms with Gasteiger partial charge in [-0.3, -0.25) is 4.79 Å². The molecule has 46 valence electrons. The molecular weight excluding hydrogens is 112 g/mol. The average molecular weight is 118 g/mol. The van der Waals surface area contributed by atoms with Gasteiger partial charge in [-0.25, -0.2) is 0 Å². The molecule has 0 amide bonds. The third-order valence-corrected chi connectivity index (χ3v) is 0.552. The van der Waals surface area contributed by atoms with Gasteiger partial charge in [0.2, 0.25) is 5.78 Å². The molecule has 8 heavy (non-hydrogen) atoms.